The van der Waals surface area contributed by atoms with Crippen LogP contribution in [0.3, 0.4) is 0 Å². The molecule has 3 aromatic rings. The van der Waals surface area contributed by atoms with Crippen LogP contribution in [0.25, 0.3) is 10.4 Å². The highest BCUT2D eigenvalue weighted by Gasteiger charge is 2.20. The molecule has 0 radical (unpaired) electrons. The number of carbonyl (C=O) groups excluding carboxylic acids is 3. The highest BCUT2D eigenvalue weighted by Crippen LogP contribution is 2.35. The summed E-state index contributed by atoms with van der Waals surface area (Å²) in [6.07, 6.45) is -0.0851. The van der Waals surface area contributed by atoms with Crippen LogP contribution in [0.1, 0.15) is 22.2 Å². The first-order chi connectivity index (χ1) is 15.0. The Balaban J connectivity index is 1.65. The van der Waals surface area contributed by atoms with E-state index in [4.69, 9.17) is 9.47 Å². The van der Waals surface area contributed by atoms with Crippen molar-refractivity contribution in [3.63, 3.8) is 0 Å². The second kappa shape index (κ2) is 10.5. The Labute approximate surface area is 182 Å². The van der Waals surface area contributed by atoms with Gasteiger partial charge in [-0.25, -0.2) is 9.18 Å². The van der Waals surface area contributed by atoms with Crippen LogP contribution in [-0.4, -0.2) is 31.1 Å². The van der Waals surface area contributed by atoms with Crippen LogP contribution in [0.2, 0.25) is 0 Å². The molecular formula is C23H20FNO5S. The van der Waals surface area contributed by atoms with E-state index >= 15 is 0 Å². The fraction of sp³-hybridized carbons (Fsp3) is 0.174. The Morgan fingerprint density at radius 2 is 1.71 bits per heavy atom. The first-order valence-corrected chi connectivity index (χ1v) is 10.3. The van der Waals surface area contributed by atoms with Gasteiger partial charge < -0.3 is 14.8 Å². The number of hydrogen-bond acceptors (Lipinski definition) is 6. The summed E-state index contributed by atoms with van der Waals surface area (Å²) in [5, 5.41) is 2.61. The standard InChI is InChI=1S/C23H20FNO5S/c1-2-29-23(28)22-18(13-19(31-22)16-6-4-3-5-7-16)25-20(26)14-30-21(27)12-15-8-10-17(24)11-9-15/h3-11,13H,2,12,14H2,1H3,(H,25,26). The highest BCUT2D eigenvalue weighted by atomic mass is 32.1. The predicted octanol–water partition coefficient (Wildman–Crippen LogP) is 4.46. The van der Waals surface area contributed by atoms with Gasteiger partial charge in [0.2, 0.25) is 0 Å². The molecule has 1 amide bonds. The van der Waals surface area contributed by atoms with Gasteiger partial charge >= 0.3 is 11.9 Å². The van der Waals surface area contributed by atoms with Gasteiger partial charge in [-0.2, -0.15) is 0 Å². The van der Waals surface area contributed by atoms with Crippen LogP contribution in [0.5, 0.6) is 0 Å². The van der Waals surface area contributed by atoms with Crippen LogP contribution >= 0.6 is 11.3 Å². The molecule has 8 heteroatoms. The Kier molecular flexibility index (Phi) is 7.50. The molecule has 0 spiro atoms. The van der Waals surface area contributed by atoms with E-state index in [9.17, 15) is 18.8 Å². The molecule has 0 saturated carbocycles. The molecule has 0 saturated heterocycles. The lowest BCUT2D eigenvalue weighted by Gasteiger charge is -2.07. The number of rotatable bonds is 8. The second-order valence-corrected chi connectivity index (χ2v) is 7.50. The lowest BCUT2D eigenvalue weighted by molar-refractivity contribution is -0.146. The lowest BCUT2D eigenvalue weighted by Crippen LogP contribution is -2.22. The number of nitrogens with one attached hydrogen (secondary N) is 1. The second-order valence-electron chi connectivity index (χ2n) is 6.45. The van der Waals surface area contributed by atoms with E-state index in [0.29, 0.717) is 11.3 Å². The van der Waals surface area contributed by atoms with Crippen LogP contribution in [0.15, 0.2) is 60.7 Å². The molecule has 1 heterocycles. The van der Waals surface area contributed by atoms with E-state index in [1.807, 2.05) is 30.3 Å². The zero-order valence-corrected chi connectivity index (χ0v) is 17.5. The molecule has 0 unspecified atom stereocenters. The van der Waals surface area contributed by atoms with Crippen molar-refractivity contribution >= 4 is 34.9 Å². The number of hydrogen-bond donors (Lipinski definition) is 1. The minimum absolute atomic E-state index is 0.0851. The molecule has 0 aliphatic rings. The Morgan fingerprint density at radius 1 is 1.00 bits per heavy atom. The number of anilines is 1. The summed E-state index contributed by atoms with van der Waals surface area (Å²) in [5.41, 5.74) is 1.76. The lowest BCUT2D eigenvalue weighted by atomic mass is 10.1. The van der Waals surface area contributed by atoms with Gasteiger partial charge in [0.05, 0.1) is 18.7 Å². The van der Waals surface area contributed by atoms with Crippen LogP contribution in [0.4, 0.5) is 10.1 Å². The van der Waals surface area contributed by atoms with Gasteiger partial charge in [0.1, 0.15) is 10.7 Å². The van der Waals surface area contributed by atoms with Crippen molar-refractivity contribution in [2.24, 2.45) is 0 Å². The van der Waals surface area contributed by atoms with Crippen molar-refractivity contribution < 1.29 is 28.2 Å². The summed E-state index contributed by atoms with van der Waals surface area (Å²) in [4.78, 5) is 37.6. The van der Waals surface area contributed by atoms with Crippen molar-refractivity contribution in [2.45, 2.75) is 13.3 Å². The Bertz CT molecular complexity index is 1060. The molecule has 0 aliphatic heterocycles. The number of carbonyl (C=O) groups is 3. The van der Waals surface area contributed by atoms with E-state index < -0.39 is 30.3 Å². The first-order valence-electron chi connectivity index (χ1n) is 9.52. The minimum atomic E-state index is -0.623. The van der Waals surface area contributed by atoms with E-state index in [1.165, 1.54) is 35.6 Å². The van der Waals surface area contributed by atoms with Crippen LogP contribution < -0.4 is 5.32 Å². The molecule has 1 N–H and O–H groups in total. The largest absolute Gasteiger partial charge is 0.462 e. The van der Waals surface area contributed by atoms with Gasteiger partial charge in [-0.15, -0.1) is 11.3 Å². The number of esters is 2. The molecule has 0 bridgehead atoms. The highest BCUT2D eigenvalue weighted by molar-refractivity contribution is 7.18. The van der Waals surface area contributed by atoms with E-state index in [2.05, 4.69) is 5.32 Å². The van der Waals surface area contributed by atoms with Gasteiger partial charge in [-0.3, -0.25) is 9.59 Å². The van der Waals surface area contributed by atoms with Crippen molar-refractivity contribution in [2.75, 3.05) is 18.5 Å². The summed E-state index contributed by atoms with van der Waals surface area (Å²) < 4.78 is 23.0. The number of benzene rings is 2. The van der Waals surface area contributed by atoms with Crippen molar-refractivity contribution in [1.82, 2.24) is 0 Å². The van der Waals surface area contributed by atoms with Crippen molar-refractivity contribution in [3.05, 3.63) is 76.9 Å². The number of halogens is 1. The molecule has 2 aromatic carbocycles. The monoisotopic (exact) mass is 441 g/mol. The number of ether oxygens (including phenoxy) is 2. The summed E-state index contributed by atoms with van der Waals surface area (Å²) in [6.45, 7) is 1.38. The van der Waals surface area contributed by atoms with E-state index in [1.54, 1.807) is 13.0 Å². The molecule has 0 fully saturated rings. The van der Waals surface area contributed by atoms with Crippen molar-refractivity contribution in [1.29, 1.82) is 0 Å². The molecule has 6 nitrogen and oxygen atoms in total. The zero-order chi connectivity index (χ0) is 22.2. The average Bonchev–Trinajstić information content (AvgIpc) is 3.18. The molecular weight excluding hydrogens is 421 g/mol. The predicted molar refractivity (Wildman–Crippen MR) is 115 cm³/mol. The third-order valence-electron chi connectivity index (χ3n) is 4.15. The van der Waals surface area contributed by atoms with Gasteiger partial charge in [0.25, 0.3) is 5.91 Å². The smallest absolute Gasteiger partial charge is 0.350 e. The Morgan fingerprint density at radius 3 is 2.39 bits per heavy atom. The molecule has 0 atom stereocenters. The van der Waals surface area contributed by atoms with Gasteiger partial charge in [-0.05, 0) is 36.2 Å². The van der Waals surface area contributed by atoms with Crippen LogP contribution in [0, 0.1) is 5.82 Å². The third-order valence-corrected chi connectivity index (χ3v) is 5.32. The number of amides is 1. The first kappa shape index (κ1) is 22.2. The third kappa shape index (κ3) is 6.23. The van der Waals surface area contributed by atoms with E-state index in [-0.39, 0.29) is 17.9 Å². The quantitative estimate of drug-likeness (QED) is 0.522. The summed E-state index contributed by atoms with van der Waals surface area (Å²) in [6, 6.07) is 16.5. The average molecular weight is 441 g/mol. The summed E-state index contributed by atoms with van der Waals surface area (Å²) in [5.74, 6) is -2.16. The fourth-order valence-electron chi connectivity index (χ4n) is 2.73. The maximum absolute atomic E-state index is 12.9. The maximum Gasteiger partial charge on any atom is 0.350 e. The molecule has 3 rings (SSSR count). The number of thiophene rings is 1. The summed E-state index contributed by atoms with van der Waals surface area (Å²) in [7, 11) is 0. The summed E-state index contributed by atoms with van der Waals surface area (Å²) >= 11 is 1.20. The van der Waals surface area contributed by atoms with Gasteiger partial charge in [-0.1, -0.05) is 42.5 Å². The van der Waals surface area contributed by atoms with Crippen molar-refractivity contribution in [3.8, 4) is 10.4 Å². The SMILES string of the molecule is CCOC(=O)c1sc(-c2ccccc2)cc1NC(=O)COC(=O)Cc1ccc(F)cc1. The van der Waals surface area contributed by atoms with Gasteiger partial charge in [0.15, 0.2) is 6.61 Å². The Hall–Kier alpha value is -3.52. The van der Waals surface area contributed by atoms with Gasteiger partial charge in [0, 0.05) is 4.88 Å². The molecule has 1 aromatic heterocycles. The topological polar surface area (TPSA) is 81.7 Å². The molecule has 31 heavy (non-hydrogen) atoms. The minimum Gasteiger partial charge on any atom is -0.462 e. The fourth-order valence-corrected chi connectivity index (χ4v) is 3.74. The van der Waals surface area contributed by atoms with E-state index in [0.717, 1.165) is 10.4 Å². The zero-order valence-electron chi connectivity index (χ0n) is 16.7. The molecule has 160 valence electrons. The molecule has 0 aliphatic carbocycles. The normalized spacial score (nSPS) is 10.4. The maximum atomic E-state index is 12.9. The van der Waals surface area contributed by atoms with Crippen LogP contribution in [-0.2, 0) is 25.5 Å².